The Morgan fingerprint density at radius 3 is 2.55 bits per heavy atom. The summed E-state index contributed by atoms with van der Waals surface area (Å²) in [5, 5.41) is 2.54. The summed E-state index contributed by atoms with van der Waals surface area (Å²) in [6.45, 7) is 0.658. The first-order valence-corrected chi connectivity index (χ1v) is 7.28. The molecule has 0 aromatic carbocycles. The number of amides is 1. The molecule has 2 rings (SSSR count). The summed E-state index contributed by atoms with van der Waals surface area (Å²) in [6, 6.07) is 5.12. The monoisotopic (exact) mass is 336 g/mol. The number of rotatable bonds is 4. The van der Waals surface area contributed by atoms with Gasteiger partial charge in [-0.25, -0.2) is 4.98 Å². The molecule has 0 atom stereocenters. The van der Waals surface area contributed by atoms with E-state index < -0.39 is 12.7 Å². The molecule has 0 saturated carbocycles. The van der Waals surface area contributed by atoms with Crippen molar-refractivity contribution in [2.24, 2.45) is 0 Å². The summed E-state index contributed by atoms with van der Waals surface area (Å²) in [4.78, 5) is 18.8. The van der Waals surface area contributed by atoms with Gasteiger partial charge in [0.15, 0.2) is 0 Å². The van der Waals surface area contributed by atoms with E-state index in [4.69, 9.17) is 11.6 Å². The van der Waals surface area contributed by atoms with E-state index >= 15 is 0 Å². The van der Waals surface area contributed by atoms with Crippen LogP contribution in [0, 0.1) is 0 Å². The summed E-state index contributed by atoms with van der Waals surface area (Å²) in [5.41, 5.74) is 0. The molecule has 122 valence electrons. The molecule has 22 heavy (non-hydrogen) atoms. The van der Waals surface area contributed by atoms with Gasteiger partial charge in [-0.3, -0.25) is 9.69 Å². The number of carbonyl (C=O) groups is 1. The van der Waals surface area contributed by atoms with Crippen molar-refractivity contribution in [2.75, 3.05) is 48.8 Å². The quantitative estimate of drug-likeness (QED) is 0.854. The normalized spacial score (nSPS) is 16.6. The molecule has 1 saturated heterocycles. The Kier molecular flexibility index (Phi) is 5.47. The molecule has 1 aliphatic rings. The average molecular weight is 337 g/mol. The van der Waals surface area contributed by atoms with Gasteiger partial charge >= 0.3 is 6.18 Å². The van der Waals surface area contributed by atoms with Gasteiger partial charge in [-0.05, 0) is 12.1 Å². The van der Waals surface area contributed by atoms with Crippen molar-refractivity contribution < 1.29 is 18.0 Å². The zero-order chi connectivity index (χ0) is 16.2. The van der Waals surface area contributed by atoms with E-state index in [-0.39, 0.29) is 11.8 Å². The first-order valence-electron chi connectivity index (χ1n) is 6.74. The molecule has 5 nitrogen and oxygen atoms in total. The lowest BCUT2D eigenvalue weighted by molar-refractivity contribution is -0.146. The second-order valence-electron chi connectivity index (χ2n) is 4.94. The molecule has 2 heterocycles. The van der Waals surface area contributed by atoms with Gasteiger partial charge in [-0.1, -0.05) is 6.07 Å². The van der Waals surface area contributed by atoms with Crippen LogP contribution in [0.4, 0.5) is 24.8 Å². The molecule has 1 aliphatic heterocycles. The first-order chi connectivity index (χ1) is 10.4. The molecule has 1 aromatic heterocycles. The van der Waals surface area contributed by atoms with E-state index in [0.717, 1.165) is 0 Å². The summed E-state index contributed by atoms with van der Waals surface area (Å²) in [7, 11) is 0. The molecular formula is C13H16ClF3N4O. The third-order valence-corrected chi connectivity index (χ3v) is 3.47. The first kappa shape index (κ1) is 16.8. The minimum Gasteiger partial charge on any atom is -0.354 e. The van der Waals surface area contributed by atoms with E-state index in [9.17, 15) is 18.0 Å². The number of nitrogens with one attached hydrogen (secondary N) is 1. The van der Waals surface area contributed by atoms with Crippen molar-refractivity contribution in [1.82, 2.24) is 9.88 Å². The van der Waals surface area contributed by atoms with Crippen LogP contribution < -0.4 is 10.2 Å². The fraction of sp³-hybridized carbons (Fsp3) is 0.538. The van der Waals surface area contributed by atoms with Crippen molar-refractivity contribution in [2.45, 2.75) is 6.18 Å². The molecule has 1 fully saturated rings. The zero-order valence-corrected chi connectivity index (χ0v) is 12.5. The predicted molar refractivity (Wildman–Crippen MR) is 78.3 cm³/mol. The summed E-state index contributed by atoms with van der Waals surface area (Å²) < 4.78 is 37.0. The van der Waals surface area contributed by atoms with Gasteiger partial charge in [0.25, 0.3) is 0 Å². The van der Waals surface area contributed by atoms with Gasteiger partial charge in [-0.2, -0.15) is 13.2 Å². The van der Waals surface area contributed by atoms with E-state index in [2.05, 4.69) is 10.3 Å². The molecule has 0 bridgehead atoms. The van der Waals surface area contributed by atoms with Gasteiger partial charge in [0, 0.05) is 26.2 Å². The SMILES string of the molecule is O=C(CCl)Nc1cccc(N2CCN(CC(F)(F)F)CC2)n1. The molecule has 1 amide bonds. The van der Waals surface area contributed by atoms with E-state index in [0.29, 0.717) is 37.8 Å². The molecular weight excluding hydrogens is 321 g/mol. The van der Waals surface area contributed by atoms with Crippen molar-refractivity contribution >= 4 is 29.1 Å². The largest absolute Gasteiger partial charge is 0.401 e. The second-order valence-corrected chi connectivity index (χ2v) is 5.21. The fourth-order valence-electron chi connectivity index (χ4n) is 2.23. The Bertz CT molecular complexity index is 518. The lowest BCUT2D eigenvalue weighted by Gasteiger charge is -2.35. The van der Waals surface area contributed by atoms with E-state index in [1.54, 1.807) is 18.2 Å². The summed E-state index contributed by atoms with van der Waals surface area (Å²) in [5.74, 6) is 0.475. The standard InChI is InChI=1S/C13H16ClF3N4O/c14-8-12(22)19-10-2-1-3-11(18-10)21-6-4-20(5-7-21)9-13(15,16)17/h1-3H,4-9H2,(H,18,19,22). The highest BCUT2D eigenvalue weighted by molar-refractivity contribution is 6.29. The van der Waals surface area contributed by atoms with Crippen molar-refractivity contribution in [3.63, 3.8) is 0 Å². The highest BCUT2D eigenvalue weighted by Crippen LogP contribution is 2.20. The summed E-state index contributed by atoms with van der Waals surface area (Å²) >= 11 is 5.41. The zero-order valence-electron chi connectivity index (χ0n) is 11.7. The maximum atomic E-state index is 12.3. The van der Waals surface area contributed by atoms with Crippen molar-refractivity contribution in [1.29, 1.82) is 0 Å². The van der Waals surface area contributed by atoms with Crippen LogP contribution in [0.2, 0.25) is 0 Å². The van der Waals surface area contributed by atoms with Crippen LogP contribution in [0.15, 0.2) is 18.2 Å². The van der Waals surface area contributed by atoms with Crippen LogP contribution in [0.5, 0.6) is 0 Å². The molecule has 1 N–H and O–H groups in total. The lowest BCUT2D eigenvalue weighted by Crippen LogP contribution is -2.49. The van der Waals surface area contributed by atoms with Crippen molar-refractivity contribution in [3.05, 3.63) is 18.2 Å². The molecule has 9 heteroatoms. The highest BCUT2D eigenvalue weighted by atomic mass is 35.5. The minimum atomic E-state index is -4.17. The predicted octanol–water partition coefficient (Wildman–Crippen LogP) is 1.94. The number of aromatic nitrogens is 1. The molecule has 0 spiro atoms. The van der Waals surface area contributed by atoms with Crippen LogP contribution in [0.1, 0.15) is 0 Å². The Morgan fingerprint density at radius 2 is 1.95 bits per heavy atom. The molecule has 0 aliphatic carbocycles. The lowest BCUT2D eigenvalue weighted by atomic mass is 10.3. The smallest absolute Gasteiger partial charge is 0.354 e. The topological polar surface area (TPSA) is 48.5 Å². The fourth-order valence-corrected chi connectivity index (χ4v) is 2.30. The van der Waals surface area contributed by atoms with Gasteiger partial charge in [0.1, 0.15) is 17.5 Å². The van der Waals surface area contributed by atoms with Gasteiger partial charge in [0.2, 0.25) is 5.91 Å². The maximum Gasteiger partial charge on any atom is 0.401 e. The Morgan fingerprint density at radius 1 is 1.27 bits per heavy atom. The third-order valence-electron chi connectivity index (χ3n) is 3.22. The van der Waals surface area contributed by atoms with Crippen LogP contribution in [-0.2, 0) is 4.79 Å². The number of nitrogens with zero attached hydrogens (tertiary/aromatic N) is 3. The second kappa shape index (κ2) is 7.15. The number of pyridine rings is 1. The molecule has 0 unspecified atom stereocenters. The third kappa shape index (κ3) is 5.03. The highest BCUT2D eigenvalue weighted by Gasteiger charge is 2.32. The Labute approximate surface area is 131 Å². The number of hydrogen-bond donors (Lipinski definition) is 1. The minimum absolute atomic E-state index is 0.165. The number of carbonyl (C=O) groups excluding carboxylic acids is 1. The van der Waals surface area contributed by atoms with Crippen LogP contribution in [0.25, 0.3) is 0 Å². The van der Waals surface area contributed by atoms with Crippen LogP contribution in [-0.4, -0.2) is 60.6 Å². The van der Waals surface area contributed by atoms with Gasteiger partial charge in [-0.15, -0.1) is 11.6 Å². The number of alkyl halides is 4. The molecule has 0 radical (unpaired) electrons. The average Bonchev–Trinajstić information content (AvgIpc) is 2.46. The van der Waals surface area contributed by atoms with Gasteiger partial charge < -0.3 is 10.2 Å². The maximum absolute atomic E-state index is 12.3. The van der Waals surface area contributed by atoms with Gasteiger partial charge in [0.05, 0.1) is 6.54 Å². The number of hydrogen-bond acceptors (Lipinski definition) is 4. The van der Waals surface area contributed by atoms with E-state index in [1.165, 1.54) is 4.90 Å². The summed E-state index contributed by atoms with van der Waals surface area (Å²) in [6.07, 6.45) is -4.17. The number of piperazine rings is 1. The van der Waals surface area contributed by atoms with E-state index in [1.807, 2.05) is 4.90 Å². The Hall–Kier alpha value is -1.54. The van der Waals surface area contributed by atoms with Crippen LogP contribution >= 0.6 is 11.6 Å². The van der Waals surface area contributed by atoms with Crippen molar-refractivity contribution in [3.8, 4) is 0 Å². The molecule has 1 aromatic rings. The Balaban J connectivity index is 1.94. The number of anilines is 2. The number of halogens is 4. The van der Waals surface area contributed by atoms with Crippen LogP contribution in [0.3, 0.4) is 0 Å².